The minimum Gasteiger partial charge on any atom is -0.330 e. The van der Waals surface area contributed by atoms with Gasteiger partial charge in [0.1, 0.15) is 0 Å². The molecular weight excluding hydrogens is 204 g/mol. The molecule has 0 amide bonds. The fraction of sp³-hybridized carbons (Fsp3) is 0.667. The van der Waals surface area contributed by atoms with Crippen molar-refractivity contribution in [3.05, 3.63) is 21.9 Å². The lowest BCUT2D eigenvalue weighted by molar-refractivity contribution is 0.214. The number of thiophene rings is 1. The summed E-state index contributed by atoms with van der Waals surface area (Å²) in [5.74, 6) is 0.671. The second-order valence-corrected chi connectivity index (χ2v) is 5.36. The maximum Gasteiger partial charge on any atom is 0.0245 e. The summed E-state index contributed by atoms with van der Waals surface area (Å²) in [4.78, 5) is 4.14. The molecular formula is C12H20N2S. The summed E-state index contributed by atoms with van der Waals surface area (Å²) in [6.07, 6.45) is 2.43. The van der Waals surface area contributed by atoms with Crippen molar-refractivity contribution >= 4 is 11.3 Å². The fourth-order valence-corrected chi connectivity index (χ4v) is 3.09. The zero-order valence-electron chi connectivity index (χ0n) is 9.41. The normalized spacial score (nSPS) is 18.8. The van der Waals surface area contributed by atoms with Crippen LogP contribution in [0.3, 0.4) is 0 Å². The molecule has 0 spiro atoms. The Morgan fingerprint density at radius 3 is 3.20 bits per heavy atom. The van der Waals surface area contributed by atoms with E-state index in [1.165, 1.54) is 31.5 Å². The van der Waals surface area contributed by atoms with E-state index in [0.29, 0.717) is 5.92 Å². The van der Waals surface area contributed by atoms with Crippen LogP contribution in [0.5, 0.6) is 0 Å². The lowest BCUT2D eigenvalue weighted by Gasteiger charge is -2.29. The van der Waals surface area contributed by atoms with E-state index < -0.39 is 0 Å². The van der Waals surface area contributed by atoms with Gasteiger partial charge in [-0.05, 0) is 35.9 Å². The summed E-state index contributed by atoms with van der Waals surface area (Å²) in [6, 6.07) is 2.27. The Balaban J connectivity index is 1.92. The summed E-state index contributed by atoms with van der Waals surface area (Å²) in [6.45, 7) is 6.57. The van der Waals surface area contributed by atoms with Crippen molar-refractivity contribution in [2.24, 2.45) is 11.7 Å². The van der Waals surface area contributed by atoms with E-state index in [9.17, 15) is 0 Å². The number of hydrogen-bond donors (Lipinski definition) is 1. The van der Waals surface area contributed by atoms with E-state index >= 15 is 0 Å². The predicted molar refractivity (Wildman–Crippen MR) is 66.1 cm³/mol. The first-order valence-corrected chi connectivity index (χ1v) is 6.69. The molecule has 15 heavy (non-hydrogen) atoms. The molecule has 0 aromatic carbocycles. The van der Waals surface area contributed by atoms with Crippen LogP contribution in [0.4, 0.5) is 0 Å². The third-order valence-corrected chi connectivity index (χ3v) is 4.34. The minimum absolute atomic E-state index is 0.671. The molecule has 0 radical (unpaired) electrons. The maximum absolute atomic E-state index is 5.75. The zero-order chi connectivity index (χ0) is 10.7. The van der Waals surface area contributed by atoms with Gasteiger partial charge in [-0.3, -0.25) is 4.90 Å². The molecule has 0 saturated heterocycles. The van der Waals surface area contributed by atoms with Gasteiger partial charge in [0.25, 0.3) is 0 Å². The molecule has 0 fully saturated rings. The highest BCUT2D eigenvalue weighted by atomic mass is 32.1. The summed E-state index contributed by atoms with van der Waals surface area (Å²) < 4.78 is 0. The highest BCUT2D eigenvalue weighted by Crippen LogP contribution is 2.24. The van der Waals surface area contributed by atoms with Gasteiger partial charge in [0.05, 0.1) is 0 Å². The standard InChI is InChI=1S/C12H20N2S/c1-2-10(7-13)8-14-5-3-12-11(9-14)4-6-15-12/h4,6,10H,2-3,5,7-9,13H2,1H3. The molecule has 1 unspecified atom stereocenters. The Morgan fingerprint density at radius 1 is 1.60 bits per heavy atom. The van der Waals surface area contributed by atoms with Crippen LogP contribution in [0.1, 0.15) is 23.8 Å². The van der Waals surface area contributed by atoms with Gasteiger partial charge in [-0.25, -0.2) is 0 Å². The van der Waals surface area contributed by atoms with Gasteiger partial charge in [-0.15, -0.1) is 11.3 Å². The molecule has 0 bridgehead atoms. The summed E-state index contributed by atoms with van der Waals surface area (Å²) in [5.41, 5.74) is 7.29. The average Bonchev–Trinajstić information content (AvgIpc) is 2.73. The van der Waals surface area contributed by atoms with Crippen LogP contribution >= 0.6 is 11.3 Å². The molecule has 1 atom stereocenters. The Kier molecular flexibility index (Phi) is 3.78. The topological polar surface area (TPSA) is 29.3 Å². The molecule has 2 rings (SSSR count). The van der Waals surface area contributed by atoms with Crippen LogP contribution in [-0.4, -0.2) is 24.5 Å². The molecule has 2 N–H and O–H groups in total. The molecule has 0 saturated carbocycles. The lowest BCUT2D eigenvalue weighted by Crippen LogP contribution is -2.36. The zero-order valence-corrected chi connectivity index (χ0v) is 10.2. The van der Waals surface area contributed by atoms with Gasteiger partial charge in [0, 0.05) is 24.5 Å². The van der Waals surface area contributed by atoms with Crippen LogP contribution in [0.15, 0.2) is 11.4 Å². The smallest absolute Gasteiger partial charge is 0.0245 e. The van der Waals surface area contributed by atoms with Crippen molar-refractivity contribution in [1.82, 2.24) is 4.90 Å². The Morgan fingerprint density at radius 2 is 2.47 bits per heavy atom. The van der Waals surface area contributed by atoms with Crippen molar-refractivity contribution < 1.29 is 0 Å². The van der Waals surface area contributed by atoms with Crippen molar-refractivity contribution in [3.8, 4) is 0 Å². The molecule has 3 heteroatoms. The molecule has 2 nitrogen and oxygen atoms in total. The summed E-state index contributed by atoms with van der Waals surface area (Å²) >= 11 is 1.91. The highest BCUT2D eigenvalue weighted by molar-refractivity contribution is 7.10. The Labute approximate surface area is 96.1 Å². The molecule has 1 aromatic heterocycles. The number of fused-ring (bicyclic) bond motifs is 1. The Bertz CT molecular complexity index is 304. The van der Waals surface area contributed by atoms with Crippen molar-refractivity contribution in [3.63, 3.8) is 0 Å². The van der Waals surface area contributed by atoms with Gasteiger partial charge in [0.15, 0.2) is 0 Å². The molecule has 2 heterocycles. The van der Waals surface area contributed by atoms with Crippen molar-refractivity contribution in [2.75, 3.05) is 19.6 Å². The van der Waals surface area contributed by atoms with E-state index in [4.69, 9.17) is 5.73 Å². The van der Waals surface area contributed by atoms with E-state index in [1.807, 2.05) is 11.3 Å². The average molecular weight is 224 g/mol. The molecule has 84 valence electrons. The molecule has 1 aliphatic rings. The van der Waals surface area contributed by atoms with Gasteiger partial charge in [-0.1, -0.05) is 13.3 Å². The van der Waals surface area contributed by atoms with E-state index in [2.05, 4.69) is 23.3 Å². The quantitative estimate of drug-likeness (QED) is 0.848. The summed E-state index contributed by atoms with van der Waals surface area (Å²) in [7, 11) is 0. The number of hydrogen-bond acceptors (Lipinski definition) is 3. The number of nitrogens with two attached hydrogens (primary N) is 1. The first-order chi connectivity index (χ1) is 7.33. The lowest BCUT2D eigenvalue weighted by atomic mass is 10.0. The Hall–Kier alpha value is -0.380. The van der Waals surface area contributed by atoms with Gasteiger partial charge in [0.2, 0.25) is 0 Å². The van der Waals surface area contributed by atoms with Crippen LogP contribution < -0.4 is 5.73 Å². The van der Waals surface area contributed by atoms with Crippen LogP contribution in [0, 0.1) is 5.92 Å². The van der Waals surface area contributed by atoms with Crippen molar-refractivity contribution in [2.45, 2.75) is 26.3 Å². The number of nitrogens with zero attached hydrogens (tertiary/aromatic N) is 1. The summed E-state index contributed by atoms with van der Waals surface area (Å²) in [5, 5.41) is 2.22. The van der Waals surface area contributed by atoms with Crippen LogP contribution in [-0.2, 0) is 13.0 Å². The van der Waals surface area contributed by atoms with Crippen LogP contribution in [0.2, 0.25) is 0 Å². The van der Waals surface area contributed by atoms with Gasteiger partial charge < -0.3 is 5.73 Å². The third-order valence-electron chi connectivity index (χ3n) is 3.31. The van der Waals surface area contributed by atoms with Crippen LogP contribution in [0.25, 0.3) is 0 Å². The van der Waals surface area contributed by atoms with Gasteiger partial charge >= 0.3 is 0 Å². The van der Waals surface area contributed by atoms with Gasteiger partial charge in [-0.2, -0.15) is 0 Å². The maximum atomic E-state index is 5.75. The van der Waals surface area contributed by atoms with E-state index in [-0.39, 0.29) is 0 Å². The first kappa shape index (κ1) is 11.1. The first-order valence-electron chi connectivity index (χ1n) is 5.81. The highest BCUT2D eigenvalue weighted by Gasteiger charge is 2.18. The second kappa shape index (κ2) is 5.10. The van der Waals surface area contributed by atoms with Crippen molar-refractivity contribution in [1.29, 1.82) is 0 Å². The molecule has 1 aromatic rings. The minimum atomic E-state index is 0.671. The fourth-order valence-electron chi connectivity index (χ4n) is 2.20. The predicted octanol–water partition coefficient (Wildman–Crippen LogP) is 2.09. The number of rotatable bonds is 4. The molecule has 1 aliphatic heterocycles. The van der Waals surface area contributed by atoms with E-state index in [1.54, 1.807) is 4.88 Å². The monoisotopic (exact) mass is 224 g/mol. The van der Waals surface area contributed by atoms with E-state index in [0.717, 1.165) is 13.1 Å². The molecule has 0 aliphatic carbocycles. The third kappa shape index (κ3) is 2.60. The second-order valence-electron chi connectivity index (χ2n) is 4.36. The largest absolute Gasteiger partial charge is 0.330 e. The SMILES string of the molecule is CCC(CN)CN1CCc2sccc2C1.